The number of nitrogens with zero attached hydrogens (tertiary/aromatic N) is 3. The lowest BCUT2D eigenvalue weighted by Gasteiger charge is -2.41. The number of halogens is 3. The van der Waals surface area contributed by atoms with Crippen LogP contribution in [0.15, 0.2) is 77.4 Å². The summed E-state index contributed by atoms with van der Waals surface area (Å²) >= 11 is 10.1. The monoisotopic (exact) mass is 525 g/mol. The van der Waals surface area contributed by atoms with Crippen molar-refractivity contribution >= 4 is 44.1 Å². The van der Waals surface area contributed by atoms with Crippen LogP contribution in [0.25, 0.3) is 10.9 Å². The summed E-state index contributed by atoms with van der Waals surface area (Å²) in [6.07, 6.45) is 1.66. The molecule has 4 nitrogen and oxygen atoms in total. The molecule has 1 saturated heterocycles. The van der Waals surface area contributed by atoms with Gasteiger partial charge in [0.2, 0.25) is 0 Å². The highest BCUT2D eigenvalue weighted by molar-refractivity contribution is 9.10. The van der Waals surface area contributed by atoms with E-state index in [1.165, 1.54) is 12.1 Å². The molecule has 4 aromatic rings. The number of hydrogen-bond donors (Lipinski definition) is 1. The highest BCUT2D eigenvalue weighted by Gasteiger charge is 2.30. The van der Waals surface area contributed by atoms with Crippen LogP contribution in [0.4, 0.5) is 10.1 Å². The molecular formula is C26H22BrClFN3O. The second-order valence-corrected chi connectivity index (χ2v) is 9.47. The van der Waals surface area contributed by atoms with Crippen molar-refractivity contribution < 1.29 is 9.50 Å². The summed E-state index contributed by atoms with van der Waals surface area (Å²) in [5, 5.41) is 12.5. The van der Waals surface area contributed by atoms with Gasteiger partial charge >= 0.3 is 0 Å². The third-order valence-corrected chi connectivity index (χ3v) is 7.04. The molecule has 168 valence electrons. The summed E-state index contributed by atoms with van der Waals surface area (Å²) in [6.45, 7) is 3.13. The SMILES string of the molecule is Oc1c(C(c2ccc(Br)cc2)N2CCN(c3ccc(F)cc3)CC2)cc(Cl)c2cccnc12. The van der Waals surface area contributed by atoms with Crippen molar-refractivity contribution in [1.29, 1.82) is 0 Å². The first kappa shape index (κ1) is 22.1. The Kier molecular flexibility index (Phi) is 6.23. The van der Waals surface area contributed by atoms with Crippen molar-refractivity contribution in [3.63, 3.8) is 0 Å². The van der Waals surface area contributed by atoms with Gasteiger partial charge in [-0.25, -0.2) is 4.39 Å². The van der Waals surface area contributed by atoms with E-state index in [1.54, 1.807) is 6.20 Å². The van der Waals surface area contributed by atoms with Crippen LogP contribution in [-0.2, 0) is 0 Å². The number of aromatic nitrogens is 1. The standard InChI is InChI=1S/C26H22BrClFN3O/c27-18-5-3-17(4-6-18)25(22-16-23(28)21-2-1-11-30-24(21)26(22)33)32-14-12-31(13-15-32)20-9-7-19(29)8-10-20/h1-11,16,25,33H,12-15H2. The highest BCUT2D eigenvalue weighted by atomic mass is 79.9. The maximum absolute atomic E-state index is 13.3. The molecule has 0 radical (unpaired) electrons. The third kappa shape index (κ3) is 4.43. The number of aromatic hydroxyl groups is 1. The van der Waals surface area contributed by atoms with Gasteiger partial charge in [0.1, 0.15) is 17.1 Å². The first-order valence-corrected chi connectivity index (χ1v) is 11.9. The fraction of sp³-hybridized carbons (Fsp3) is 0.192. The second kappa shape index (κ2) is 9.29. The number of piperazine rings is 1. The van der Waals surface area contributed by atoms with E-state index in [4.69, 9.17) is 11.6 Å². The van der Waals surface area contributed by atoms with Gasteiger partial charge < -0.3 is 10.0 Å². The number of hydrogen-bond acceptors (Lipinski definition) is 4. The molecule has 1 N–H and O–H groups in total. The van der Waals surface area contributed by atoms with Gasteiger partial charge in [0.15, 0.2) is 0 Å². The van der Waals surface area contributed by atoms with Crippen molar-refractivity contribution in [2.24, 2.45) is 0 Å². The topological polar surface area (TPSA) is 39.6 Å². The minimum Gasteiger partial charge on any atom is -0.505 e. The van der Waals surface area contributed by atoms with Crippen LogP contribution in [0.3, 0.4) is 0 Å². The van der Waals surface area contributed by atoms with Gasteiger partial charge in [-0.2, -0.15) is 0 Å². The van der Waals surface area contributed by atoms with Gasteiger partial charge in [-0.05, 0) is 60.2 Å². The molecule has 1 aromatic heterocycles. The Labute approximate surface area is 205 Å². The Balaban J connectivity index is 1.52. The molecule has 0 aliphatic carbocycles. The van der Waals surface area contributed by atoms with Crippen molar-refractivity contribution in [2.45, 2.75) is 6.04 Å². The number of pyridine rings is 1. The molecule has 0 spiro atoms. The lowest BCUT2D eigenvalue weighted by molar-refractivity contribution is 0.209. The van der Waals surface area contributed by atoms with Crippen molar-refractivity contribution in [2.75, 3.05) is 31.1 Å². The molecule has 5 rings (SSSR count). The fourth-order valence-corrected chi connectivity index (χ4v) is 5.07. The molecule has 33 heavy (non-hydrogen) atoms. The average Bonchev–Trinajstić information content (AvgIpc) is 2.84. The zero-order chi connectivity index (χ0) is 22.9. The molecule has 3 aromatic carbocycles. The fourth-order valence-electron chi connectivity index (χ4n) is 4.54. The number of fused-ring (bicyclic) bond motifs is 1. The minimum absolute atomic E-state index is 0.156. The third-order valence-electron chi connectivity index (χ3n) is 6.20. The maximum atomic E-state index is 13.3. The van der Waals surface area contributed by atoms with Gasteiger partial charge in [0.05, 0.1) is 11.1 Å². The molecule has 1 atom stereocenters. The summed E-state index contributed by atoms with van der Waals surface area (Å²) in [6, 6.07) is 20.1. The van der Waals surface area contributed by atoms with E-state index in [0.29, 0.717) is 10.5 Å². The number of phenolic OH excluding ortho intramolecular Hbond substituents is 1. The Morgan fingerprint density at radius 1 is 0.970 bits per heavy atom. The van der Waals surface area contributed by atoms with E-state index in [1.807, 2.05) is 42.5 Å². The lowest BCUT2D eigenvalue weighted by atomic mass is 9.94. The highest BCUT2D eigenvalue weighted by Crippen LogP contribution is 2.41. The maximum Gasteiger partial charge on any atom is 0.147 e. The molecule has 1 unspecified atom stereocenters. The van der Waals surface area contributed by atoms with Gasteiger partial charge in [-0.15, -0.1) is 0 Å². The average molecular weight is 527 g/mol. The Bertz CT molecular complexity index is 1280. The summed E-state index contributed by atoms with van der Waals surface area (Å²) < 4.78 is 14.3. The summed E-state index contributed by atoms with van der Waals surface area (Å²) in [5.74, 6) is -0.0751. The predicted molar refractivity (Wildman–Crippen MR) is 135 cm³/mol. The van der Waals surface area contributed by atoms with E-state index in [9.17, 15) is 9.50 Å². The van der Waals surface area contributed by atoms with Crippen LogP contribution in [0.2, 0.25) is 5.02 Å². The van der Waals surface area contributed by atoms with Gasteiger partial charge in [0, 0.05) is 53.5 Å². The van der Waals surface area contributed by atoms with Gasteiger partial charge in [0.25, 0.3) is 0 Å². The van der Waals surface area contributed by atoms with E-state index in [2.05, 4.69) is 42.8 Å². The van der Waals surface area contributed by atoms with Gasteiger partial charge in [-0.3, -0.25) is 9.88 Å². The van der Waals surface area contributed by atoms with Crippen LogP contribution in [0, 0.1) is 5.82 Å². The molecule has 0 saturated carbocycles. The second-order valence-electron chi connectivity index (χ2n) is 8.15. The first-order valence-electron chi connectivity index (χ1n) is 10.8. The van der Waals surface area contributed by atoms with Crippen LogP contribution in [0.5, 0.6) is 5.75 Å². The van der Waals surface area contributed by atoms with Crippen LogP contribution in [0.1, 0.15) is 17.2 Å². The zero-order valence-corrected chi connectivity index (χ0v) is 20.1. The number of rotatable bonds is 4. The molecule has 1 fully saturated rings. The summed E-state index contributed by atoms with van der Waals surface area (Å²) in [5.41, 5.74) is 3.32. The number of benzene rings is 3. The van der Waals surface area contributed by atoms with Crippen LogP contribution < -0.4 is 4.90 Å². The smallest absolute Gasteiger partial charge is 0.147 e. The van der Waals surface area contributed by atoms with Crippen molar-refractivity contribution in [1.82, 2.24) is 9.88 Å². The van der Waals surface area contributed by atoms with Crippen LogP contribution >= 0.6 is 27.5 Å². The molecule has 0 amide bonds. The normalized spacial score (nSPS) is 15.7. The molecule has 1 aliphatic heterocycles. The quantitative estimate of drug-likeness (QED) is 0.334. The first-order chi connectivity index (χ1) is 16.0. The Morgan fingerprint density at radius 3 is 2.36 bits per heavy atom. The van der Waals surface area contributed by atoms with E-state index in [-0.39, 0.29) is 17.6 Å². The minimum atomic E-state index is -0.232. The van der Waals surface area contributed by atoms with Crippen LogP contribution in [-0.4, -0.2) is 41.2 Å². The number of phenols is 1. The Hall–Kier alpha value is -2.67. The molecule has 7 heteroatoms. The lowest BCUT2D eigenvalue weighted by Crippen LogP contribution is -2.48. The van der Waals surface area contributed by atoms with E-state index in [0.717, 1.165) is 52.9 Å². The van der Waals surface area contributed by atoms with Gasteiger partial charge in [-0.1, -0.05) is 39.7 Å². The largest absolute Gasteiger partial charge is 0.505 e. The summed E-state index contributed by atoms with van der Waals surface area (Å²) in [4.78, 5) is 9.00. The van der Waals surface area contributed by atoms with Crippen molar-refractivity contribution in [3.05, 3.63) is 99.4 Å². The molecular weight excluding hydrogens is 505 g/mol. The van der Waals surface area contributed by atoms with E-state index < -0.39 is 0 Å². The molecule has 1 aliphatic rings. The zero-order valence-electron chi connectivity index (χ0n) is 17.8. The predicted octanol–water partition coefficient (Wildman–Crippen LogP) is 6.41. The molecule has 0 bridgehead atoms. The summed E-state index contributed by atoms with van der Waals surface area (Å²) in [7, 11) is 0. The Morgan fingerprint density at radius 2 is 1.67 bits per heavy atom. The van der Waals surface area contributed by atoms with E-state index >= 15 is 0 Å². The number of anilines is 1. The molecule has 2 heterocycles. The van der Waals surface area contributed by atoms with Crippen molar-refractivity contribution in [3.8, 4) is 5.75 Å².